The van der Waals surface area contributed by atoms with Gasteiger partial charge < -0.3 is 5.32 Å². The average Bonchev–Trinajstić information content (AvgIpc) is 2.86. The summed E-state index contributed by atoms with van der Waals surface area (Å²) in [5, 5.41) is 3.75. The van der Waals surface area contributed by atoms with E-state index in [1.807, 2.05) is 0 Å². The first-order valence-electron chi connectivity index (χ1n) is 8.82. The van der Waals surface area contributed by atoms with Gasteiger partial charge in [0.25, 0.3) is 0 Å². The first kappa shape index (κ1) is 17.3. The molecule has 1 unspecified atom stereocenters. The molecule has 0 saturated carbocycles. The molecule has 1 aromatic heterocycles. The maximum Gasteiger partial charge on any atom is 0.0934 e. The Labute approximate surface area is 139 Å². The SMILES string of the molecule is CCCCCCCCCCNC1CCCc2sc(Cl)cc21. The number of fused-ring (bicyclic) bond motifs is 1. The highest BCUT2D eigenvalue weighted by Gasteiger charge is 2.21. The summed E-state index contributed by atoms with van der Waals surface area (Å²) in [7, 11) is 0. The van der Waals surface area contributed by atoms with E-state index in [1.54, 1.807) is 11.3 Å². The van der Waals surface area contributed by atoms with Crippen molar-refractivity contribution in [3.8, 4) is 0 Å². The molecule has 1 N–H and O–H groups in total. The van der Waals surface area contributed by atoms with E-state index in [0.717, 1.165) is 10.9 Å². The second-order valence-corrected chi connectivity index (χ2v) is 8.07. The molecule has 0 bridgehead atoms. The number of aryl methyl sites for hydroxylation is 1. The van der Waals surface area contributed by atoms with Crippen LogP contribution in [0.2, 0.25) is 4.34 Å². The molecular formula is C18H30ClNS. The number of hydrogen-bond donors (Lipinski definition) is 1. The van der Waals surface area contributed by atoms with Crippen LogP contribution in [0.25, 0.3) is 0 Å². The molecule has 1 aliphatic carbocycles. The molecular weight excluding hydrogens is 298 g/mol. The third-order valence-corrected chi connectivity index (χ3v) is 5.84. The van der Waals surface area contributed by atoms with Crippen LogP contribution in [0, 0.1) is 0 Å². The van der Waals surface area contributed by atoms with Crippen LogP contribution in [0.5, 0.6) is 0 Å². The highest BCUT2D eigenvalue weighted by molar-refractivity contribution is 7.16. The van der Waals surface area contributed by atoms with Gasteiger partial charge in [0.1, 0.15) is 0 Å². The predicted octanol–water partition coefficient (Wildman–Crippen LogP) is 6.51. The van der Waals surface area contributed by atoms with Crippen molar-refractivity contribution in [3.63, 3.8) is 0 Å². The highest BCUT2D eigenvalue weighted by atomic mass is 35.5. The van der Waals surface area contributed by atoms with Crippen molar-refractivity contribution in [2.75, 3.05) is 6.54 Å². The van der Waals surface area contributed by atoms with Crippen LogP contribution >= 0.6 is 22.9 Å². The Balaban J connectivity index is 1.55. The molecule has 21 heavy (non-hydrogen) atoms. The summed E-state index contributed by atoms with van der Waals surface area (Å²) < 4.78 is 0.959. The van der Waals surface area contributed by atoms with Crippen LogP contribution in [0.15, 0.2) is 6.07 Å². The van der Waals surface area contributed by atoms with Gasteiger partial charge in [-0.1, -0.05) is 63.5 Å². The van der Waals surface area contributed by atoms with Crippen LogP contribution in [-0.4, -0.2) is 6.54 Å². The molecule has 3 heteroatoms. The smallest absolute Gasteiger partial charge is 0.0934 e. The lowest BCUT2D eigenvalue weighted by Gasteiger charge is -2.23. The summed E-state index contributed by atoms with van der Waals surface area (Å²) >= 11 is 7.94. The van der Waals surface area contributed by atoms with E-state index in [9.17, 15) is 0 Å². The lowest BCUT2D eigenvalue weighted by Crippen LogP contribution is -2.25. The van der Waals surface area contributed by atoms with Crippen molar-refractivity contribution in [1.29, 1.82) is 0 Å². The van der Waals surface area contributed by atoms with Crippen molar-refractivity contribution >= 4 is 22.9 Å². The number of halogens is 1. The molecule has 1 heterocycles. The molecule has 120 valence electrons. The standard InChI is InChI=1S/C18H30ClNS/c1-2-3-4-5-6-7-8-9-13-20-16-11-10-12-17-15(16)14-18(19)21-17/h14,16,20H,2-13H2,1H3. The summed E-state index contributed by atoms with van der Waals surface area (Å²) in [5.41, 5.74) is 1.48. The number of thiophene rings is 1. The molecule has 0 saturated heterocycles. The van der Waals surface area contributed by atoms with Crippen LogP contribution in [0.3, 0.4) is 0 Å². The zero-order chi connectivity index (χ0) is 14.9. The summed E-state index contributed by atoms with van der Waals surface area (Å²) in [6.07, 6.45) is 15.0. The van der Waals surface area contributed by atoms with Crippen molar-refractivity contribution in [3.05, 3.63) is 20.8 Å². The van der Waals surface area contributed by atoms with Crippen LogP contribution in [0.4, 0.5) is 0 Å². The normalized spacial score (nSPS) is 17.9. The third kappa shape index (κ3) is 5.92. The Morgan fingerprint density at radius 1 is 1.14 bits per heavy atom. The summed E-state index contributed by atoms with van der Waals surface area (Å²) in [5.74, 6) is 0. The van der Waals surface area contributed by atoms with Gasteiger partial charge in [0.2, 0.25) is 0 Å². The van der Waals surface area contributed by atoms with E-state index in [-0.39, 0.29) is 0 Å². The van der Waals surface area contributed by atoms with Gasteiger partial charge in [-0.05, 0) is 43.9 Å². The minimum atomic E-state index is 0.557. The van der Waals surface area contributed by atoms with E-state index >= 15 is 0 Å². The fourth-order valence-corrected chi connectivity index (χ4v) is 4.65. The van der Waals surface area contributed by atoms with Gasteiger partial charge >= 0.3 is 0 Å². The maximum atomic E-state index is 6.16. The largest absolute Gasteiger partial charge is 0.310 e. The number of unbranched alkanes of at least 4 members (excludes halogenated alkanes) is 7. The topological polar surface area (TPSA) is 12.0 Å². The fraction of sp³-hybridized carbons (Fsp3) is 0.778. The number of nitrogens with one attached hydrogen (secondary N) is 1. The molecule has 0 aliphatic heterocycles. The summed E-state index contributed by atoms with van der Waals surface area (Å²) in [6, 6.07) is 2.74. The Bertz CT molecular complexity index is 402. The lowest BCUT2D eigenvalue weighted by molar-refractivity contribution is 0.450. The molecule has 1 atom stereocenters. The molecule has 0 amide bonds. The first-order chi connectivity index (χ1) is 10.3. The van der Waals surface area contributed by atoms with E-state index in [1.165, 1.54) is 81.1 Å². The van der Waals surface area contributed by atoms with Gasteiger partial charge in [-0.2, -0.15) is 0 Å². The Morgan fingerprint density at radius 2 is 1.86 bits per heavy atom. The van der Waals surface area contributed by atoms with Crippen LogP contribution < -0.4 is 5.32 Å². The molecule has 0 fully saturated rings. The van der Waals surface area contributed by atoms with E-state index < -0.39 is 0 Å². The number of rotatable bonds is 10. The third-order valence-electron chi connectivity index (χ3n) is 4.50. The average molecular weight is 328 g/mol. The molecule has 2 rings (SSSR count). The first-order valence-corrected chi connectivity index (χ1v) is 10.0. The molecule has 0 radical (unpaired) electrons. The van der Waals surface area contributed by atoms with Gasteiger partial charge in [-0.3, -0.25) is 0 Å². The van der Waals surface area contributed by atoms with Crippen LogP contribution in [0.1, 0.15) is 87.6 Å². The second kappa shape index (κ2) is 9.86. The predicted molar refractivity (Wildman–Crippen MR) is 95.6 cm³/mol. The summed E-state index contributed by atoms with van der Waals surface area (Å²) in [6.45, 7) is 3.44. The van der Waals surface area contributed by atoms with Crippen molar-refractivity contribution < 1.29 is 0 Å². The molecule has 1 aromatic rings. The minimum Gasteiger partial charge on any atom is -0.310 e. The van der Waals surface area contributed by atoms with Gasteiger partial charge in [0.15, 0.2) is 0 Å². The monoisotopic (exact) mass is 327 g/mol. The van der Waals surface area contributed by atoms with Gasteiger partial charge in [-0.15, -0.1) is 11.3 Å². The van der Waals surface area contributed by atoms with Crippen molar-refractivity contribution in [2.45, 2.75) is 83.6 Å². The molecule has 0 aromatic carbocycles. The fourth-order valence-electron chi connectivity index (χ4n) is 3.27. The Morgan fingerprint density at radius 3 is 2.62 bits per heavy atom. The lowest BCUT2D eigenvalue weighted by atomic mass is 9.94. The zero-order valence-corrected chi connectivity index (χ0v) is 15.0. The van der Waals surface area contributed by atoms with Crippen molar-refractivity contribution in [1.82, 2.24) is 5.32 Å². The maximum absolute atomic E-state index is 6.16. The Kier molecular flexibility index (Phi) is 8.13. The second-order valence-electron chi connectivity index (χ2n) is 6.30. The van der Waals surface area contributed by atoms with E-state index in [0.29, 0.717) is 6.04 Å². The van der Waals surface area contributed by atoms with E-state index in [4.69, 9.17) is 11.6 Å². The molecule has 1 nitrogen and oxygen atoms in total. The van der Waals surface area contributed by atoms with Gasteiger partial charge in [0, 0.05) is 10.9 Å². The highest BCUT2D eigenvalue weighted by Crippen LogP contribution is 2.37. The molecule has 1 aliphatic rings. The quantitative estimate of drug-likeness (QED) is 0.483. The van der Waals surface area contributed by atoms with Gasteiger partial charge in [0.05, 0.1) is 4.34 Å². The van der Waals surface area contributed by atoms with Crippen molar-refractivity contribution in [2.24, 2.45) is 0 Å². The molecule has 0 spiro atoms. The minimum absolute atomic E-state index is 0.557. The van der Waals surface area contributed by atoms with Gasteiger partial charge in [-0.25, -0.2) is 0 Å². The zero-order valence-electron chi connectivity index (χ0n) is 13.4. The van der Waals surface area contributed by atoms with Crippen LogP contribution in [-0.2, 0) is 6.42 Å². The number of hydrogen-bond acceptors (Lipinski definition) is 2. The Hall–Kier alpha value is -0.0500. The summed E-state index contributed by atoms with van der Waals surface area (Å²) in [4.78, 5) is 1.51. The van der Waals surface area contributed by atoms with E-state index in [2.05, 4.69) is 18.3 Å².